The summed E-state index contributed by atoms with van der Waals surface area (Å²) in [6.45, 7) is 4.67. The minimum atomic E-state index is 0.211. The standard InChI is InChI=1S/C7H15NO2/c1-6-7(9-2)5-8-3-4-10-6/h6-8H,3-5H2,1-2H3. The lowest BCUT2D eigenvalue weighted by molar-refractivity contribution is -0.0286. The van der Waals surface area contributed by atoms with Crippen LogP contribution in [-0.4, -0.2) is 39.0 Å². The van der Waals surface area contributed by atoms with Crippen LogP contribution in [0.3, 0.4) is 0 Å². The van der Waals surface area contributed by atoms with Crippen LogP contribution in [0.1, 0.15) is 6.92 Å². The van der Waals surface area contributed by atoms with Crippen LogP contribution in [0.2, 0.25) is 0 Å². The van der Waals surface area contributed by atoms with E-state index in [0.29, 0.717) is 0 Å². The van der Waals surface area contributed by atoms with Gasteiger partial charge in [-0.15, -0.1) is 0 Å². The minimum Gasteiger partial charge on any atom is -0.377 e. The molecule has 0 aliphatic carbocycles. The second-order valence-corrected chi connectivity index (χ2v) is 2.55. The fourth-order valence-electron chi connectivity index (χ4n) is 1.11. The molecule has 3 heteroatoms. The van der Waals surface area contributed by atoms with Gasteiger partial charge in [-0.1, -0.05) is 0 Å². The van der Waals surface area contributed by atoms with Gasteiger partial charge in [0.15, 0.2) is 0 Å². The van der Waals surface area contributed by atoms with Crippen LogP contribution in [0.5, 0.6) is 0 Å². The molecular weight excluding hydrogens is 130 g/mol. The van der Waals surface area contributed by atoms with Gasteiger partial charge in [-0.2, -0.15) is 0 Å². The highest BCUT2D eigenvalue weighted by Crippen LogP contribution is 2.03. The molecular formula is C7H15NO2. The molecule has 60 valence electrons. The van der Waals surface area contributed by atoms with Crippen molar-refractivity contribution in [2.24, 2.45) is 0 Å². The Morgan fingerprint density at radius 1 is 1.60 bits per heavy atom. The largest absolute Gasteiger partial charge is 0.377 e. The number of ether oxygens (including phenoxy) is 2. The maximum absolute atomic E-state index is 5.42. The number of nitrogens with one attached hydrogen (secondary N) is 1. The van der Waals surface area contributed by atoms with Crippen LogP contribution >= 0.6 is 0 Å². The summed E-state index contributed by atoms with van der Waals surface area (Å²) in [6, 6.07) is 0. The first-order valence-electron chi connectivity index (χ1n) is 3.69. The summed E-state index contributed by atoms with van der Waals surface area (Å²) >= 11 is 0. The molecule has 1 heterocycles. The van der Waals surface area contributed by atoms with Gasteiger partial charge in [-0.25, -0.2) is 0 Å². The van der Waals surface area contributed by atoms with E-state index in [9.17, 15) is 0 Å². The predicted molar refractivity (Wildman–Crippen MR) is 39.1 cm³/mol. The highest BCUT2D eigenvalue weighted by atomic mass is 16.5. The quantitative estimate of drug-likeness (QED) is 0.564. The summed E-state index contributed by atoms with van der Waals surface area (Å²) in [5, 5.41) is 3.23. The van der Waals surface area contributed by atoms with Gasteiger partial charge in [-0.05, 0) is 6.92 Å². The van der Waals surface area contributed by atoms with Gasteiger partial charge in [0.05, 0.1) is 18.8 Å². The zero-order valence-corrected chi connectivity index (χ0v) is 6.59. The van der Waals surface area contributed by atoms with Gasteiger partial charge in [0, 0.05) is 20.2 Å². The van der Waals surface area contributed by atoms with Crippen molar-refractivity contribution in [2.75, 3.05) is 26.8 Å². The molecule has 0 aromatic carbocycles. The lowest BCUT2D eigenvalue weighted by Crippen LogP contribution is -2.33. The molecule has 2 atom stereocenters. The fraction of sp³-hybridized carbons (Fsp3) is 1.00. The molecule has 0 bridgehead atoms. The van der Waals surface area contributed by atoms with E-state index in [0.717, 1.165) is 19.7 Å². The van der Waals surface area contributed by atoms with Crippen molar-refractivity contribution in [3.63, 3.8) is 0 Å². The monoisotopic (exact) mass is 145 g/mol. The van der Waals surface area contributed by atoms with E-state index in [1.807, 2.05) is 6.92 Å². The summed E-state index contributed by atoms with van der Waals surface area (Å²) in [6.07, 6.45) is 0.433. The second-order valence-electron chi connectivity index (χ2n) is 2.55. The molecule has 1 N–H and O–H groups in total. The van der Waals surface area contributed by atoms with Crippen molar-refractivity contribution in [1.82, 2.24) is 5.32 Å². The Kier molecular flexibility index (Phi) is 3.12. The van der Waals surface area contributed by atoms with E-state index in [2.05, 4.69) is 5.32 Å². The summed E-state index contributed by atoms with van der Waals surface area (Å²) in [4.78, 5) is 0. The lowest BCUT2D eigenvalue weighted by atomic mass is 10.2. The van der Waals surface area contributed by atoms with E-state index in [-0.39, 0.29) is 12.2 Å². The van der Waals surface area contributed by atoms with Crippen LogP contribution in [-0.2, 0) is 9.47 Å². The Bertz CT molecular complexity index is 97.6. The van der Waals surface area contributed by atoms with Crippen molar-refractivity contribution < 1.29 is 9.47 Å². The van der Waals surface area contributed by atoms with Gasteiger partial charge in [0.25, 0.3) is 0 Å². The van der Waals surface area contributed by atoms with Crippen LogP contribution < -0.4 is 5.32 Å². The molecule has 0 amide bonds. The summed E-state index contributed by atoms with van der Waals surface area (Å²) < 4.78 is 10.6. The zero-order chi connectivity index (χ0) is 7.40. The molecule has 0 radical (unpaired) electrons. The van der Waals surface area contributed by atoms with Gasteiger partial charge in [-0.3, -0.25) is 0 Å². The Balaban J connectivity index is 2.35. The van der Waals surface area contributed by atoms with E-state index < -0.39 is 0 Å². The topological polar surface area (TPSA) is 30.5 Å². The maximum Gasteiger partial charge on any atom is 0.0954 e. The predicted octanol–water partition coefficient (Wildman–Crippen LogP) is 0.00970. The van der Waals surface area contributed by atoms with Crippen molar-refractivity contribution in [1.29, 1.82) is 0 Å². The molecule has 0 saturated carbocycles. The molecule has 1 rings (SSSR count). The smallest absolute Gasteiger partial charge is 0.0954 e. The molecule has 2 unspecified atom stereocenters. The molecule has 1 fully saturated rings. The molecule has 0 aromatic rings. The average Bonchev–Trinajstić information content (AvgIpc) is 2.13. The fourth-order valence-corrected chi connectivity index (χ4v) is 1.11. The van der Waals surface area contributed by atoms with E-state index >= 15 is 0 Å². The Labute approximate surface area is 61.7 Å². The lowest BCUT2D eigenvalue weighted by Gasteiger charge is -2.18. The Morgan fingerprint density at radius 3 is 3.10 bits per heavy atom. The highest BCUT2D eigenvalue weighted by Gasteiger charge is 2.18. The third-order valence-corrected chi connectivity index (χ3v) is 1.83. The van der Waals surface area contributed by atoms with Gasteiger partial charge < -0.3 is 14.8 Å². The number of methoxy groups -OCH3 is 1. The van der Waals surface area contributed by atoms with Gasteiger partial charge in [0.2, 0.25) is 0 Å². The Morgan fingerprint density at radius 2 is 2.40 bits per heavy atom. The van der Waals surface area contributed by atoms with Crippen LogP contribution in [0.4, 0.5) is 0 Å². The molecule has 1 saturated heterocycles. The molecule has 1 aliphatic rings. The van der Waals surface area contributed by atoms with E-state index in [1.54, 1.807) is 7.11 Å². The highest BCUT2D eigenvalue weighted by molar-refractivity contribution is 4.71. The van der Waals surface area contributed by atoms with Crippen LogP contribution in [0.15, 0.2) is 0 Å². The van der Waals surface area contributed by atoms with Crippen molar-refractivity contribution >= 4 is 0 Å². The van der Waals surface area contributed by atoms with Crippen molar-refractivity contribution in [2.45, 2.75) is 19.1 Å². The zero-order valence-electron chi connectivity index (χ0n) is 6.59. The SMILES string of the molecule is COC1CNCCOC1C. The maximum atomic E-state index is 5.42. The van der Waals surface area contributed by atoms with Crippen LogP contribution in [0.25, 0.3) is 0 Å². The molecule has 1 aliphatic heterocycles. The molecule has 0 aromatic heterocycles. The minimum absolute atomic E-state index is 0.211. The first-order valence-corrected chi connectivity index (χ1v) is 3.69. The molecule has 0 spiro atoms. The third-order valence-electron chi connectivity index (χ3n) is 1.83. The number of hydrogen-bond acceptors (Lipinski definition) is 3. The summed E-state index contributed by atoms with van der Waals surface area (Å²) in [5.74, 6) is 0. The molecule has 3 nitrogen and oxygen atoms in total. The van der Waals surface area contributed by atoms with Crippen molar-refractivity contribution in [3.8, 4) is 0 Å². The average molecular weight is 145 g/mol. The Hall–Kier alpha value is -0.120. The van der Waals surface area contributed by atoms with Crippen LogP contribution in [0, 0.1) is 0 Å². The third kappa shape index (κ3) is 1.94. The van der Waals surface area contributed by atoms with E-state index in [4.69, 9.17) is 9.47 Å². The molecule has 10 heavy (non-hydrogen) atoms. The van der Waals surface area contributed by atoms with Crippen molar-refractivity contribution in [3.05, 3.63) is 0 Å². The number of hydrogen-bond donors (Lipinski definition) is 1. The summed E-state index contributed by atoms with van der Waals surface area (Å²) in [5.41, 5.74) is 0. The summed E-state index contributed by atoms with van der Waals surface area (Å²) in [7, 11) is 1.72. The normalized spacial score (nSPS) is 35.4. The first kappa shape index (κ1) is 7.98. The van der Waals surface area contributed by atoms with Gasteiger partial charge >= 0.3 is 0 Å². The first-order chi connectivity index (χ1) is 4.84. The second kappa shape index (κ2) is 3.91. The van der Waals surface area contributed by atoms with E-state index in [1.165, 1.54) is 0 Å². The van der Waals surface area contributed by atoms with Gasteiger partial charge in [0.1, 0.15) is 0 Å². The number of rotatable bonds is 1.